The molecule has 1 N–H and O–H groups in total. The number of hydrogen-bond donors (Lipinski definition) is 1. The average molecular weight is 283 g/mol. The minimum atomic E-state index is -0.679. The van der Waals surface area contributed by atoms with E-state index in [2.05, 4.69) is 15.9 Å². The fourth-order valence-electron chi connectivity index (χ4n) is 2.15. The Morgan fingerprint density at radius 2 is 1.75 bits per heavy atom. The van der Waals surface area contributed by atoms with Crippen LogP contribution in [0.2, 0.25) is 0 Å². The molecule has 16 heavy (non-hydrogen) atoms. The molecule has 1 aromatic carbocycles. The van der Waals surface area contributed by atoms with Gasteiger partial charge in [0.05, 0.1) is 5.60 Å². The van der Waals surface area contributed by atoms with Crippen LogP contribution in [0, 0.1) is 0 Å². The highest BCUT2D eigenvalue weighted by Gasteiger charge is 2.32. The SMILES string of the molecule is O=C1CCC(O)(Cc2ccc(Br)cc2)CC1. The molecule has 2 rings (SSSR count). The molecule has 0 spiro atoms. The number of carbonyl (C=O) groups is 1. The van der Waals surface area contributed by atoms with E-state index in [0.29, 0.717) is 32.1 Å². The van der Waals surface area contributed by atoms with E-state index in [4.69, 9.17) is 0 Å². The predicted octanol–water partition coefficient (Wildman–Crippen LogP) is 2.87. The lowest BCUT2D eigenvalue weighted by Crippen LogP contribution is -2.36. The molecule has 86 valence electrons. The van der Waals surface area contributed by atoms with Crippen molar-refractivity contribution in [2.45, 2.75) is 37.7 Å². The van der Waals surface area contributed by atoms with Crippen LogP contribution in [-0.2, 0) is 11.2 Å². The second-order valence-electron chi connectivity index (χ2n) is 4.57. The lowest BCUT2D eigenvalue weighted by atomic mass is 9.80. The summed E-state index contributed by atoms with van der Waals surface area (Å²) >= 11 is 3.38. The summed E-state index contributed by atoms with van der Waals surface area (Å²) in [5.74, 6) is 0.278. The molecule has 2 nitrogen and oxygen atoms in total. The number of aliphatic hydroxyl groups is 1. The van der Waals surface area contributed by atoms with Gasteiger partial charge in [-0.15, -0.1) is 0 Å². The van der Waals surface area contributed by atoms with Crippen molar-refractivity contribution in [1.82, 2.24) is 0 Å². The zero-order chi connectivity index (χ0) is 11.6. The van der Waals surface area contributed by atoms with E-state index in [1.165, 1.54) is 0 Å². The van der Waals surface area contributed by atoms with Crippen molar-refractivity contribution >= 4 is 21.7 Å². The van der Waals surface area contributed by atoms with E-state index in [9.17, 15) is 9.90 Å². The number of Topliss-reactive ketones (excluding diaryl/α,β-unsaturated/α-hetero) is 1. The summed E-state index contributed by atoms with van der Waals surface area (Å²) in [7, 11) is 0. The van der Waals surface area contributed by atoms with Crippen LogP contribution < -0.4 is 0 Å². The molecular formula is C13H15BrO2. The quantitative estimate of drug-likeness (QED) is 0.906. The Morgan fingerprint density at radius 1 is 1.19 bits per heavy atom. The second-order valence-corrected chi connectivity index (χ2v) is 5.48. The zero-order valence-electron chi connectivity index (χ0n) is 9.08. The van der Waals surface area contributed by atoms with Crippen LogP contribution in [0.4, 0.5) is 0 Å². The third-order valence-electron chi connectivity index (χ3n) is 3.18. The minimum Gasteiger partial charge on any atom is -0.390 e. The molecule has 1 fully saturated rings. The van der Waals surface area contributed by atoms with E-state index >= 15 is 0 Å². The average Bonchev–Trinajstić information content (AvgIpc) is 2.27. The van der Waals surface area contributed by atoms with Crippen LogP contribution in [-0.4, -0.2) is 16.5 Å². The van der Waals surface area contributed by atoms with Gasteiger partial charge in [-0.05, 0) is 30.5 Å². The molecule has 1 aliphatic rings. The molecule has 0 unspecified atom stereocenters. The van der Waals surface area contributed by atoms with Crippen molar-refractivity contribution in [1.29, 1.82) is 0 Å². The largest absolute Gasteiger partial charge is 0.390 e. The summed E-state index contributed by atoms with van der Waals surface area (Å²) in [4.78, 5) is 11.1. The van der Waals surface area contributed by atoms with E-state index in [1.807, 2.05) is 24.3 Å². The maximum absolute atomic E-state index is 11.1. The molecule has 0 amide bonds. The summed E-state index contributed by atoms with van der Waals surface area (Å²) in [5, 5.41) is 10.3. The van der Waals surface area contributed by atoms with Crippen molar-refractivity contribution in [3.8, 4) is 0 Å². The molecular weight excluding hydrogens is 268 g/mol. The van der Waals surface area contributed by atoms with E-state index < -0.39 is 5.60 Å². The molecule has 0 aromatic heterocycles. The molecule has 1 saturated carbocycles. The Bertz CT molecular complexity index is 373. The first kappa shape index (κ1) is 11.8. The Hall–Kier alpha value is -0.670. The number of rotatable bonds is 2. The number of ketones is 1. The predicted molar refractivity (Wildman–Crippen MR) is 66.3 cm³/mol. The van der Waals surface area contributed by atoms with Crippen LogP contribution in [0.25, 0.3) is 0 Å². The molecule has 1 aromatic rings. The molecule has 0 atom stereocenters. The maximum atomic E-state index is 11.1. The normalized spacial score (nSPS) is 19.8. The van der Waals surface area contributed by atoms with Crippen LogP contribution in [0.3, 0.4) is 0 Å². The van der Waals surface area contributed by atoms with Crippen molar-refractivity contribution < 1.29 is 9.90 Å². The minimum absolute atomic E-state index is 0.278. The maximum Gasteiger partial charge on any atom is 0.133 e. The van der Waals surface area contributed by atoms with E-state index in [1.54, 1.807) is 0 Å². The second kappa shape index (κ2) is 4.68. The third kappa shape index (κ3) is 2.92. The lowest BCUT2D eigenvalue weighted by Gasteiger charge is -2.31. The molecule has 3 heteroatoms. The molecule has 0 saturated heterocycles. The number of halogens is 1. The summed E-state index contributed by atoms with van der Waals surface area (Å²) in [6, 6.07) is 7.98. The molecule has 0 heterocycles. The summed E-state index contributed by atoms with van der Waals surface area (Å²) in [6.45, 7) is 0. The Kier molecular flexibility index (Phi) is 3.45. The van der Waals surface area contributed by atoms with Gasteiger partial charge in [0.2, 0.25) is 0 Å². The highest BCUT2D eigenvalue weighted by atomic mass is 79.9. The first-order valence-corrected chi connectivity index (χ1v) is 6.35. The number of carbonyl (C=O) groups excluding carboxylic acids is 1. The smallest absolute Gasteiger partial charge is 0.133 e. The molecule has 0 bridgehead atoms. The van der Waals surface area contributed by atoms with Gasteiger partial charge in [0.1, 0.15) is 5.78 Å². The topological polar surface area (TPSA) is 37.3 Å². The standard InChI is InChI=1S/C13H15BrO2/c14-11-3-1-10(2-4-11)9-13(16)7-5-12(15)6-8-13/h1-4,16H,5-9H2. The molecule has 0 radical (unpaired) electrons. The van der Waals surface area contributed by atoms with Gasteiger partial charge in [0.25, 0.3) is 0 Å². The third-order valence-corrected chi connectivity index (χ3v) is 3.71. The van der Waals surface area contributed by atoms with Crippen LogP contribution in [0.1, 0.15) is 31.2 Å². The van der Waals surface area contributed by atoms with Gasteiger partial charge in [-0.1, -0.05) is 28.1 Å². The van der Waals surface area contributed by atoms with Crippen molar-refractivity contribution in [2.75, 3.05) is 0 Å². The van der Waals surface area contributed by atoms with Crippen molar-refractivity contribution in [3.05, 3.63) is 34.3 Å². The van der Waals surface area contributed by atoms with Crippen LogP contribution in [0.15, 0.2) is 28.7 Å². The van der Waals surface area contributed by atoms with Crippen molar-refractivity contribution in [3.63, 3.8) is 0 Å². The van der Waals surface area contributed by atoms with Gasteiger partial charge in [-0.2, -0.15) is 0 Å². The first-order valence-electron chi connectivity index (χ1n) is 5.56. The Labute approximate surface area is 104 Å². The first-order chi connectivity index (χ1) is 7.57. The number of hydrogen-bond acceptors (Lipinski definition) is 2. The fourth-order valence-corrected chi connectivity index (χ4v) is 2.42. The fraction of sp³-hybridized carbons (Fsp3) is 0.462. The van der Waals surface area contributed by atoms with Gasteiger partial charge < -0.3 is 5.11 Å². The Morgan fingerprint density at radius 3 is 2.31 bits per heavy atom. The Balaban J connectivity index is 2.03. The zero-order valence-corrected chi connectivity index (χ0v) is 10.7. The monoisotopic (exact) mass is 282 g/mol. The highest BCUT2D eigenvalue weighted by Crippen LogP contribution is 2.29. The summed E-state index contributed by atoms with van der Waals surface area (Å²) < 4.78 is 1.04. The van der Waals surface area contributed by atoms with Crippen molar-refractivity contribution in [2.24, 2.45) is 0 Å². The van der Waals surface area contributed by atoms with Gasteiger partial charge in [-0.25, -0.2) is 0 Å². The van der Waals surface area contributed by atoms with Gasteiger partial charge in [0.15, 0.2) is 0 Å². The lowest BCUT2D eigenvalue weighted by molar-refractivity contribution is -0.125. The summed E-state index contributed by atoms with van der Waals surface area (Å²) in [5.41, 5.74) is 0.446. The van der Waals surface area contributed by atoms with Crippen LogP contribution in [0.5, 0.6) is 0 Å². The number of benzene rings is 1. The van der Waals surface area contributed by atoms with E-state index in [-0.39, 0.29) is 5.78 Å². The summed E-state index contributed by atoms with van der Waals surface area (Å²) in [6.07, 6.45) is 2.89. The van der Waals surface area contributed by atoms with E-state index in [0.717, 1.165) is 10.0 Å². The van der Waals surface area contributed by atoms with Crippen LogP contribution >= 0.6 is 15.9 Å². The molecule has 0 aliphatic heterocycles. The molecule has 1 aliphatic carbocycles. The van der Waals surface area contributed by atoms with Gasteiger partial charge in [0, 0.05) is 23.7 Å². The highest BCUT2D eigenvalue weighted by molar-refractivity contribution is 9.10. The van der Waals surface area contributed by atoms with Gasteiger partial charge in [-0.3, -0.25) is 4.79 Å². The van der Waals surface area contributed by atoms with Gasteiger partial charge >= 0.3 is 0 Å².